The van der Waals surface area contributed by atoms with Crippen molar-refractivity contribution in [1.29, 1.82) is 0 Å². The molecule has 0 amide bonds. The highest BCUT2D eigenvalue weighted by atomic mass is 35.5. The Hall–Kier alpha value is -2.37. The molecule has 2 N–H and O–H groups in total. The molecule has 3 aromatic rings. The monoisotopic (exact) mass is 426 g/mol. The average Bonchev–Trinajstić information content (AvgIpc) is 2.96. The molecule has 0 saturated heterocycles. The lowest BCUT2D eigenvalue weighted by molar-refractivity contribution is 0.659. The standard InChI is InChI=1S/C23H27ClN4S/c1-4-5-6-18-9-13-21(14-10-18)25-23(29)26-22-16(2)27-28(17(22)3)15-19-7-11-20(24)12-8-19/h7-14H,4-6,15H2,1-3H3,(H2,25,26,29). The van der Waals surface area contributed by atoms with Crippen molar-refractivity contribution in [1.82, 2.24) is 9.78 Å². The van der Waals surface area contributed by atoms with E-state index in [1.54, 1.807) is 0 Å². The molecule has 6 heteroatoms. The van der Waals surface area contributed by atoms with Gasteiger partial charge in [-0.1, -0.05) is 49.2 Å². The predicted molar refractivity (Wildman–Crippen MR) is 127 cm³/mol. The maximum atomic E-state index is 5.98. The Morgan fingerprint density at radius 3 is 2.31 bits per heavy atom. The van der Waals surface area contributed by atoms with Gasteiger partial charge in [0.1, 0.15) is 0 Å². The number of aromatic nitrogens is 2. The van der Waals surface area contributed by atoms with Crippen molar-refractivity contribution in [2.45, 2.75) is 46.6 Å². The van der Waals surface area contributed by atoms with Gasteiger partial charge in [0.2, 0.25) is 0 Å². The molecule has 0 saturated carbocycles. The number of benzene rings is 2. The van der Waals surface area contributed by atoms with Crippen molar-refractivity contribution >= 4 is 40.3 Å². The van der Waals surface area contributed by atoms with Crippen LogP contribution in [0.25, 0.3) is 0 Å². The Labute approximate surface area is 183 Å². The van der Waals surface area contributed by atoms with Crippen LogP contribution in [-0.2, 0) is 13.0 Å². The highest BCUT2D eigenvalue weighted by Gasteiger charge is 2.13. The van der Waals surface area contributed by atoms with E-state index in [0.29, 0.717) is 11.7 Å². The van der Waals surface area contributed by atoms with Crippen LogP contribution in [0, 0.1) is 13.8 Å². The van der Waals surface area contributed by atoms with Gasteiger partial charge >= 0.3 is 0 Å². The third-order valence-electron chi connectivity index (χ3n) is 4.90. The van der Waals surface area contributed by atoms with Crippen molar-refractivity contribution in [3.8, 4) is 0 Å². The minimum absolute atomic E-state index is 0.559. The molecule has 3 rings (SSSR count). The Bertz CT molecular complexity index is 962. The van der Waals surface area contributed by atoms with E-state index in [1.165, 1.54) is 18.4 Å². The third-order valence-corrected chi connectivity index (χ3v) is 5.35. The van der Waals surface area contributed by atoms with Crippen LogP contribution < -0.4 is 10.6 Å². The zero-order valence-electron chi connectivity index (χ0n) is 17.1. The second-order valence-electron chi connectivity index (χ2n) is 7.21. The fourth-order valence-corrected chi connectivity index (χ4v) is 3.55. The van der Waals surface area contributed by atoms with Crippen LogP contribution in [0.5, 0.6) is 0 Å². The zero-order chi connectivity index (χ0) is 20.8. The number of thiocarbonyl (C=S) groups is 1. The van der Waals surface area contributed by atoms with Crippen LogP contribution in [-0.4, -0.2) is 14.9 Å². The van der Waals surface area contributed by atoms with Crippen LogP contribution >= 0.6 is 23.8 Å². The van der Waals surface area contributed by atoms with E-state index in [0.717, 1.165) is 39.8 Å². The number of hydrogen-bond acceptors (Lipinski definition) is 2. The smallest absolute Gasteiger partial charge is 0.175 e. The normalized spacial score (nSPS) is 10.8. The first-order chi connectivity index (χ1) is 14.0. The molecule has 1 heterocycles. The predicted octanol–water partition coefficient (Wildman–Crippen LogP) is 6.35. The van der Waals surface area contributed by atoms with E-state index >= 15 is 0 Å². The minimum atomic E-state index is 0.559. The molecule has 4 nitrogen and oxygen atoms in total. The SMILES string of the molecule is CCCCc1ccc(NC(=S)Nc2c(C)nn(Cc3ccc(Cl)cc3)c2C)cc1. The molecule has 0 spiro atoms. The number of unbranched alkanes of at least 4 members (excludes halogenated alkanes) is 1. The van der Waals surface area contributed by atoms with Crippen LogP contribution in [0.2, 0.25) is 5.02 Å². The number of nitrogens with zero attached hydrogens (tertiary/aromatic N) is 2. The summed E-state index contributed by atoms with van der Waals surface area (Å²) in [5, 5.41) is 12.5. The first kappa shape index (κ1) is 21.3. The molecule has 1 aromatic heterocycles. The fourth-order valence-electron chi connectivity index (χ4n) is 3.21. The Morgan fingerprint density at radius 2 is 1.66 bits per heavy atom. The summed E-state index contributed by atoms with van der Waals surface area (Å²) in [6.07, 6.45) is 3.54. The van der Waals surface area contributed by atoms with Gasteiger partial charge in [-0.3, -0.25) is 4.68 Å². The van der Waals surface area contributed by atoms with Crippen LogP contribution in [0.1, 0.15) is 42.3 Å². The summed E-state index contributed by atoms with van der Waals surface area (Å²) in [6.45, 7) is 6.93. The molecule has 0 radical (unpaired) electrons. The maximum Gasteiger partial charge on any atom is 0.175 e. The molecule has 152 valence electrons. The number of nitrogens with one attached hydrogen (secondary N) is 2. The topological polar surface area (TPSA) is 41.9 Å². The van der Waals surface area contributed by atoms with Gasteiger partial charge in [0, 0.05) is 10.7 Å². The molecular weight excluding hydrogens is 400 g/mol. The summed E-state index contributed by atoms with van der Waals surface area (Å²) < 4.78 is 1.98. The number of rotatable bonds is 7. The van der Waals surface area contributed by atoms with E-state index < -0.39 is 0 Å². The fraction of sp³-hybridized carbons (Fsp3) is 0.304. The van der Waals surface area contributed by atoms with Crippen molar-refractivity contribution < 1.29 is 0 Å². The van der Waals surface area contributed by atoms with E-state index in [-0.39, 0.29) is 0 Å². The lowest BCUT2D eigenvalue weighted by Gasteiger charge is -2.12. The molecule has 0 aliphatic carbocycles. The van der Waals surface area contributed by atoms with E-state index in [4.69, 9.17) is 23.8 Å². The quantitative estimate of drug-likeness (QED) is 0.431. The molecule has 0 atom stereocenters. The molecule has 0 aliphatic heterocycles. The minimum Gasteiger partial charge on any atom is -0.332 e. The maximum absolute atomic E-state index is 5.98. The Morgan fingerprint density at radius 1 is 1.00 bits per heavy atom. The molecular formula is C23H27ClN4S. The average molecular weight is 427 g/mol. The second-order valence-corrected chi connectivity index (χ2v) is 8.05. The number of hydrogen-bond donors (Lipinski definition) is 2. The highest BCUT2D eigenvalue weighted by molar-refractivity contribution is 7.80. The third kappa shape index (κ3) is 5.81. The highest BCUT2D eigenvalue weighted by Crippen LogP contribution is 2.21. The summed E-state index contributed by atoms with van der Waals surface area (Å²) in [4.78, 5) is 0. The summed E-state index contributed by atoms with van der Waals surface area (Å²) in [5.41, 5.74) is 6.37. The molecule has 0 bridgehead atoms. The Balaban J connectivity index is 1.64. The van der Waals surface area contributed by atoms with Gasteiger partial charge < -0.3 is 10.6 Å². The number of aryl methyl sites for hydroxylation is 2. The molecule has 29 heavy (non-hydrogen) atoms. The van der Waals surface area contributed by atoms with E-state index in [2.05, 4.69) is 46.9 Å². The van der Waals surface area contributed by atoms with E-state index in [1.807, 2.05) is 42.8 Å². The first-order valence-electron chi connectivity index (χ1n) is 9.91. The van der Waals surface area contributed by atoms with Gasteiger partial charge in [-0.25, -0.2) is 0 Å². The van der Waals surface area contributed by atoms with Crippen LogP contribution in [0.3, 0.4) is 0 Å². The van der Waals surface area contributed by atoms with E-state index in [9.17, 15) is 0 Å². The second kappa shape index (κ2) is 9.90. The lowest BCUT2D eigenvalue weighted by Crippen LogP contribution is -2.20. The number of halogens is 1. The van der Waals surface area contributed by atoms with Crippen molar-refractivity contribution in [2.75, 3.05) is 10.6 Å². The van der Waals surface area contributed by atoms with Gasteiger partial charge in [0.25, 0.3) is 0 Å². The van der Waals surface area contributed by atoms with Crippen LogP contribution in [0.15, 0.2) is 48.5 Å². The van der Waals surface area contributed by atoms with Gasteiger partial charge in [-0.15, -0.1) is 0 Å². The first-order valence-corrected chi connectivity index (χ1v) is 10.7. The zero-order valence-corrected chi connectivity index (χ0v) is 18.7. The molecule has 0 aliphatic rings. The van der Waals surface area contributed by atoms with Gasteiger partial charge in [-0.05, 0) is 74.3 Å². The molecule has 0 fully saturated rings. The van der Waals surface area contributed by atoms with Crippen molar-refractivity contribution in [3.05, 3.63) is 76.1 Å². The largest absolute Gasteiger partial charge is 0.332 e. The van der Waals surface area contributed by atoms with Gasteiger partial charge in [0.05, 0.1) is 23.6 Å². The number of anilines is 2. The molecule has 2 aromatic carbocycles. The van der Waals surface area contributed by atoms with Crippen molar-refractivity contribution in [2.24, 2.45) is 0 Å². The summed E-state index contributed by atoms with van der Waals surface area (Å²) in [6, 6.07) is 16.3. The van der Waals surface area contributed by atoms with Crippen LogP contribution in [0.4, 0.5) is 11.4 Å². The van der Waals surface area contributed by atoms with Crippen molar-refractivity contribution in [3.63, 3.8) is 0 Å². The summed E-state index contributed by atoms with van der Waals surface area (Å²) in [5.74, 6) is 0. The molecule has 0 unspecified atom stereocenters. The summed E-state index contributed by atoms with van der Waals surface area (Å²) >= 11 is 11.5. The lowest BCUT2D eigenvalue weighted by atomic mass is 10.1. The summed E-state index contributed by atoms with van der Waals surface area (Å²) in [7, 11) is 0. The van der Waals surface area contributed by atoms with Gasteiger partial charge in [0.15, 0.2) is 5.11 Å². The van der Waals surface area contributed by atoms with Gasteiger partial charge in [-0.2, -0.15) is 5.10 Å². The Kier molecular flexibility index (Phi) is 7.29.